The molecule has 3 nitrogen and oxygen atoms in total. The van der Waals surface area contributed by atoms with Crippen molar-refractivity contribution in [1.82, 2.24) is 10.2 Å². The first kappa shape index (κ1) is 19.2. The first-order chi connectivity index (χ1) is 11.7. The smallest absolute Gasteiger partial charge is 0.252 e. The van der Waals surface area contributed by atoms with E-state index in [0.717, 1.165) is 16.7 Å². The molecule has 0 aromatic heterocycles. The molecule has 1 atom stereocenters. The van der Waals surface area contributed by atoms with Crippen LogP contribution in [0.4, 0.5) is 0 Å². The maximum absolute atomic E-state index is 13.1. The second-order valence-electron chi connectivity index (χ2n) is 7.61. The molecule has 0 aliphatic carbocycles. The van der Waals surface area contributed by atoms with Crippen LogP contribution in [-0.4, -0.2) is 30.4 Å². The number of nitrogens with one attached hydrogen (secondary N) is 1. The number of hydrogen-bond acceptors (Lipinski definition) is 2. The minimum atomic E-state index is -0.232. The van der Waals surface area contributed by atoms with Gasteiger partial charge in [-0.3, -0.25) is 4.79 Å². The molecular weight excluding hydrogens is 308 g/mol. The molecule has 0 saturated heterocycles. The van der Waals surface area contributed by atoms with E-state index in [2.05, 4.69) is 50.0 Å². The van der Waals surface area contributed by atoms with Gasteiger partial charge in [0.1, 0.15) is 0 Å². The Morgan fingerprint density at radius 3 is 2.08 bits per heavy atom. The van der Waals surface area contributed by atoms with Gasteiger partial charge in [0.2, 0.25) is 0 Å². The fourth-order valence-corrected chi connectivity index (χ4v) is 2.99. The van der Waals surface area contributed by atoms with E-state index in [0.29, 0.717) is 5.92 Å². The maximum atomic E-state index is 13.1. The zero-order valence-electron chi connectivity index (χ0n) is 16.2. The second-order valence-corrected chi connectivity index (χ2v) is 7.61. The lowest BCUT2D eigenvalue weighted by atomic mass is 9.87. The molecule has 1 N–H and O–H groups in total. The van der Waals surface area contributed by atoms with E-state index >= 15 is 0 Å². The molecule has 0 aliphatic rings. The molecule has 0 fully saturated rings. The largest absolute Gasteiger partial charge is 0.343 e. The zero-order valence-corrected chi connectivity index (χ0v) is 16.2. The van der Waals surface area contributed by atoms with E-state index in [1.807, 2.05) is 56.6 Å². The highest BCUT2D eigenvalue weighted by Crippen LogP contribution is 2.30. The van der Waals surface area contributed by atoms with Crippen LogP contribution < -0.4 is 5.32 Å². The van der Waals surface area contributed by atoms with E-state index < -0.39 is 0 Å². The topological polar surface area (TPSA) is 32.3 Å². The number of rotatable bonds is 6. The Hall–Kier alpha value is -2.13. The van der Waals surface area contributed by atoms with Crippen LogP contribution in [0.1, 0.15) is 61.1 Å². The van der Waals surface area contributed by atoms with Crippen LogP contribution in [0.5, 0.6) is 0 Å². The molecular formula is C22H30N2O. The fraction of sp³-hybridized carbons (Fsp3) is 0.409. The number of amides is 1. The molecule has 2 aromatic rings. The van der Waals surface area contributed by atoms with Crippen LogP contribution in [0.3, 0.4) is 0 Å². The molecule has 0 heterocycles. The summed E-state index contributed by atoms with van der Waals surface area (Å²) in [5.41, 5.74) is 2.71. The summed E-state index contributed by atoms with van der Waals surface area (Å²) >= 11 is 0. The Kier molecular flexibility index (Phi) is 6.02. The summed E-state index contributed by atoms with van der Waals surface area (Å²) in [7, 11) is 4.09. The van der Waals surface area contributed by atoms with E-state index in [1.54, 1.807) is 0 Å². The van der Waals surface area contributed by atoms with Crippen LogP contribution in [0.2, 0.25) is 0 Å². The number of likely N-dealkylation sites (N-methyl/N-ethyl adjacent to an activating group) is 1. The molecule has 0 aliphatic heterocycles. The van der Waals surface area contributed by atoms with Gasteiger partial charge in [-0.2, -0.15) is 0 Å². The van der Waals surface area contributed by atoms with Crippen LogP contribution >= 0.6 is 0 Å². The summed E-state index contributed by atoms with van der Waals surface area (Å²) < 4.78 is 0. The number of benzene rings is 2. The number of nitrogens with zero attached hydrogens (tertiary/aromatic N) is 1. The van der Waals surface area contributed by atoms with Gasteiger partial charge in [-0.15, -0.1) is 0 Å². The lowest BCUT2D eigenvalue weighted by Gasteiger charge is -2.41. The van der Waals surface area contributed by atoms with Gasteiger partial charge < -0.3 is 10.2 Å². The van der Waals surface area contributed by atoms with Crippen molar-refractivity contribution >= 4 is 5.91 Å². The number of carbonyl (C=O) groups excluding carboxylic acids is 1. The highest BCUT2D eigenvalue weighted by atomic mass is 16.1. The summed E-state index contributed by atoms with van der Waals surface area (Å²) in [6, 6.07) is 17.9. The van der Waals surface area contributed by atoms with Crippen molar-refractivity contribution in [3.05, 3.63) is 71.3 Å². The van der Waals surface area contributed by atoms with Crippen LogP contribution in [-0.2, 0) is 0 Å². The molecule has 2 rings (SSSR count). The second kappa shape index (κ2) is 7.83. The van der Waals surface area contributed by atoms with E-state index in [4.69, 9.17) is 0 Å². The Balaban J connectivity index is 2.40. The molecule has 1 amide bonds. The number of carbonyl (C=O) groups is 1. The molecule has 1 unspecified atom stereocenters. The molecule has 0 bridgehead atoms. The molecule has 2 aromatic carbocycles. The molecule has 0 saturated carbocycles. The van der Waals surface area contributed by atoms with Crippen molar-refractivity contribution in [2.45, 2.75) is 45.2 Å². The van der Waals surface area contributed by atoms with Crippen molar-refractivity contribution in [3.63, 3.8) is 0 Å². The summed E-state index contributed by atoms with van der Waals surface area (Å²) in [6.45, 7) is 8.54. The van der Waals surface area contributed by atoms with E-state index in [1.165, 1.54) is 0 Å². The Labute approximate surface area is 152 Å². The summed E-state index contributed by atoms with van der Waals surface area (Å²) in [6.07, 6.45) is 0. The van der Waals surface area contributed by atoms with Crippen molar-refractivity contribution in [1.29, 1.82) is 0 Å². The fourth-order valence-electron chi connectivity index (χ4n) is 2.99. The molecule has 0 spiro atoms. The minimum Gasteiger partial charge on any atom is -0.343 e. The molecule has 25 heavy (non-hydrogen) atoms. The monoisotopic (exact) mass is 338 g/mol. The van der Waals surface area contributed by atoms with Gasteiger partial charge in [-0.05, 0) is 51.1 Å². The predicted molar refractivity (Wildman–Crippen MR) is 105 cm³/mol. The van der Waals surface area contributed by atoms with Crippen LogP contribution in [0, 0.1) is 0 Å². The summed E-state index contributed by atoms with van der Waals surface area (Å²) in [5, 5.41) is 3.29. The first-order valence-electron chi connectivity index (χ1n) is 8.87. The van der Waals surface area contributed by atoms with Gasteiger partial charge in [-0.25, -0.2) is 0 Å². The highest BCUT2D eigenvalue weighted by Gasteiger charge is 2.34. The van der Waals surface area contributed by atoms with Gasteiger partial charge >= 0.3 is 0 Å². The summed E-state index contributed by atoms with van der Waals surface area (Å²) in [5.74, 6) is 0.284. The normalized spacial score (nSPS) is 13.1. The third kappa shape index (κ3) is 4.29. The van der Waals surface area contributed by atoms with Gasteiger partial charge in [0, 0.05) is 11.1 Å². The van der Waals surface area contributed by atoms with Crippen LogP contribution in [0.15, 0.2) is 54.6 Å². The van der Waals surface area contributed by atoms with Gasteiger partial charge in [0.25, 0.3) is 5.91 Å². The van der Waals surface area contributed by atoms with Crippen molar-refractivity contribution < 1.29 is 4.79 Å². The van der Waals surface area contributed by atoms with Gasteiger partial charge in [0.05, 0.1) is 6.04 Å². The maximum Gasteiger partial charge on any atom is 0.252 e. The van der Waals surface area contributed by atoms with Gasteiger partial charge in [0.15, 0.2) is 0 Å². The van der Waals surface area contributed by atoms with Crippen molar-refractivity contribution in [3.8, 4) is 0 Å². The third-order valence-electron chi connectivity index (χ3n) is 5.09. The lowest BCUT2D eigenvalue weighted by molar-refractivity contribution is 0.0839. The molecule has 134 valence electrons. The van der Waals surface area contributed by atoms with Crippen molar-refractivity contribution in [2.75, 3.05) is 14.1 Å². The van der Waals surface area contributed by atoms with E-state index in [9.17, 15) is 4.79 Å². The average Bonchev–Trinajstić information content (AvgIpc) is 2.59. The Bertz CT molecular complexity index is 705. The first-order valence-corrected chi connectivity index (χ1v) is 8.87. The van der Waals surface area contributed by atoms with Gasteiger partial charge in [-0.1, -0.05) is 62.4 Å². The van der Waals surface area contributed by atoms with E-state index in [-0.39, 0.29) is 17.5 Å². The van der Waals surface area contributed by atoms with Crippen LogP contribution in [0.25, 0.3) is 0 Å². The average molecular weight is 338 g/mol. The quantitative estimate of drug-likeness (QED) is 0.833. The lowest BCUT2D eigenvalue weighted by Crippen LogP contribution is -2.50. The SMILES string of the molecule is CC(C)c1ccccc1C(=O)NC(c1ccccc1)C(C)(C)N(C)C. The summed E-state index contributed by atoms with van der Waals surface area (Å²) in [4.78, 5) is 15.2. The highest BCUT2D eigenvalue weighted by molar-refractivity contribution is 5.96. The third-order valence-corrected chi connectivity index (χ3v) is 5.09. The predicted octanol–water partition coefficient (Wildman–Crippen LogP) is 4.62. The number of hydrogen-bond donors (Lipinski definition) is 1. The Morgan fingerprint density at radius 1 is 0.960 bits per heavy atom. The molecule has 3 heteroatoms. The zero-order chi connectivity index (χ0) is 18.6. The van der Waals surface area contributed by atoms with Crippen molar-refractivity contribution in [2.24, 2.45) is 0 Å². The molecule has 0 radical (unpaired) electrons. The standard InChI is InChI=1S/C22H30N2O/c1-16(2)18-14-10-11-15-19(18)21(25)23-20(22(3,4)24(5)6)17-12-8-7-9-13-17/h7-16,20H,1-6H3,(H,23,25). The minimum absolute atomic E-state index is 0.0203. The Morgan fingerprint density at radius 2 is 1.52 bits per heavy atom.